The van der Waals surface area contributed by atoms with E-state index in [0.29, 0.717) is 9.99 Å². The van der Waals surface area contributed by atoms with E-state index in [4.69, 9.17) is 0 Å². The summed E-state index contributed by atoms with van der Waals surface area (Å²) >= 11 is 1.88. The van der Waals surface area contributed by atoms with Crippen LogP contribution in [0.3, 0.4) is 0 Å². The van der Waals surface area contributed by atoms with Crippen molar-refractivity contribution < 1.29 is 8.78 Å². The van der Waals surface area contributed by atoms with Crippen LogP contribution in [0.25, 0.3) is 0 Å². The summed E-state index contributed by atoms with van der Waals surface area (Å²) < 4.78 is 26.3. The quantitative estimate of drug-likeness (QED) is 0.686. The summed E-state index contributed by atoms with van der Waals surface area (Å²) in [4.78, 5) is 0. The lowest BCUT2D eigenvalue weighted by Gasteiger charge is -2.01. The summed E-state index contributed by atoms with van der Waals surface area (Å²) in [7, 11) is 0. The predicted molar refractivity (Wildman–Crippen MR) is 48.5 cm³/mol. The van der Waals surface area contributed by atoms with E-state index in [-0.39, 0.29) is 5.56 Å². The number of halogens is 3. The molecule has 0 spiro atoms. The minimum absolute atomic E-state index is 0.172. The molecule has 1 aromatic rings. The smallest absolute Gasteiger partial charge is 0.130 e. The number of benzene rings is 1. The van der Waals surface area contributed by atoms with Crippen molar-refractivity contribution in [1.82, 2.24) is 0 Å². The Balaban J connectivity index is 3.25. The molecule has 0 unspecified atom stereocenters. The monoisotopic (exact) mass is 268 g/mol. The molecule has 0 amide bonds. The van der Waals surface area contributed by atoms with E-state index in [1.807, 2.05) is 22.6 Å². The third-order valence-electron chi connectivity index (χ3n) is 1.46. The minimum Gasteiger partial charge on any atom is -0.207 e. The van der Waals surface area contributed by atoms with Crippen LogP contribution in [0.5, 0.6) is 0 Å². The normalized spacial score (nSPS) is 10.2. The SMILES string of the molecule is CCc1c(F)cc(I)cc1F. The van der Waals surface area contributed by atoms with Crippen molar-refractivity contribution in [2.75, 3.05) is 0 Å². The highest BCUT2D eigenvalue weighted by Crippen LogP contribution is 2.16. The average molecular weight is 268 g/mol. The largest absolute Gasteiger partial charge is 0.207 e. The topological polar surface area (TPSA) is 0 Å². The molecule has 0 saturated heterocycles. The van der Waals surface area contributed by atoms with Crippen molar-refractivity contribution in [3.05, 3.63) is 32.9 Å². The second kappa shape index (κ2) is 3.47. The van der Waals surface area contributed by atoms with Gasteiger partial charge in [-0.25, -0.2) is 8.78 Å². The molecule has 0 heterocycles. The van der Waals surface area contributed by atoms with E-state index < -0.39 is 11.6 Å². The predicted octanol–water partition coefficient (Wildman–Crippen LogP) is 3.13. The van der Waals surface area contributed by atoms with E-state index in [1.165, 1.54) is 12.1 Å². The number of rotatable bonds is 1. The van der Waals surface area contributed by atoms with E-state index in [2.05, 4.69) is 0 Å². The molecule has 0 radical (unpaired) electrons. The van der Waals surface area contributed by atoms with Crippen LogP contribution in [0.15, 0.2) is 12.1 Å². The zero-order valence-electron chi connectivity index (χ0n) is 6.00. The van der Waals surface area contributed by atoms with Crippen LogP contribution in [0.2, 0.25) is 0 Å². The van der Waals surface area contributed by atoms with Crippen LogP contribution in [0.4, 0.5) is 8.78 Å². The average Bonchev–Trinajstić information content (AvgIpc) is 1.85. The molecule has 3 heteroatoms. The van der Waals surface area contributed by atoms with E-state index >= 15 is 0 Å². The van der Waals surface area contributed by atoms with Gasteiger partial charge in [0.2, 0.25) is 0 Å². The van der Waals surface area contributed by atoms with Crippen molar-refractivity contribution >= 4 is 22.6 Å². The fourth-order valence-corrected chi connectivity index (χ4v) is 1.46. The Hall–Kier alpha value is -0.190. The van der Waals surface area contributed by atoms with Gasteiger partial charge in [-0.15, -0.1) is 0 Å². The molecule has 0 aliphatic carbocycles. The molecular formula is C8H7F2I. The lowest BCUT2D eigenvalue weighted by Crippen LogP contribution is -1.94. The van der Waals surface area contributed by atoms with Crippen molar-refractivity contribution in [3.8, 4) is 0 Å². The van der Waals surface area contributed by atoms with Gasteiger partial charge >= 0.3 is 0 Å². The molecule has 0 aliphatic rings. The van der Waals surface area contributed by atoms with Gasteiger partial charge in [0, 0.05) is 9.13 Å². The molecule has 0 fully saturated rings. The van der Waals surface area contributed by atoms with Gasteiger partial charge in [-0.1, -0.05) is 6.92 Å². The Morgan fingerprint density at radius 1 is 1.27 bits per heavy atom. The molecule has 0 aliphatic heterocycles. The molecular weight excluding hydrogens is 261 g/mol. The molecule has 0 bridgehead atoms. The van der Waals surface area contributed by atoms with Gasteiger partial charge in [-0.3, -0.25) is 0 Å². The fraction of sp³-hybridized carbons (Fsp3) is 0.250. The standard InChI is InChI=1S/C8H7F2I/c1-2-6-7(9)3-5(11)4-8(6)10/h3-4H,2H2,1H3. The Morgan fingerprint density at radius 2 is 1.73 bits per heavy atom. The third kappa shape index (κ3) is 1.89. The van der Waals surface area contributed by atoms with Crippen molar-refractivity contribution in [2.45, 2.75) is 13.3 Å². The molecule has 0 nitrogen and oxygen atoms in total. The summed E-state index contributed by atoms with van der Waals surface area (Å²) in [6, 6.07) is 2.67. The Kier molecular flexibility index (Phi) is 2.81. The Morgan fingerprint density at radius 3 is 2.09 bits per heavy atom. The van der Waals surface area contributed by atoms with Crippen LogP contribution in [-0.2, 0) is 6.42 Å². The van der Waals surface area contributed by atoms with Crippen LogP contribution in [0.1, 0.15) is 12.5 Å². The summed E-state index contributed by atoms with van der Waals surface area (Å²) in [5.74, 6) is -0.895. The zero-order valence-corrected chi connectivity index (χ0v) is 8.15. The Labute approximate surface area is 77.8 Å². The molecule has 0 aromatic heterocycles. The van der Waals surface area contributed by atoms with E-state index in [9.17, 15) is 8.78 Å². The van der Waals surface area contributed by atoms with E-state index in [0.717, 1.165) is 0 Å². The maximum Gasteiger partial charge on any atom is 0.130 e. The highest BCUT2D eigenvalue weighted by Gasteiger charge is 2.07. The molecule has 60 valence electrons. The maximum absolute atomic E-state index is 12.9. The van der Waals surface area contributed by atoms with E-state index in [1.54, 1.807) is 6.92 Å². The summed E-state index contributed by atoms with van der Waals surface area (Å²) in [6.45, 7) is 1.73. The second-order valence-corrected chi connectivity index (χ2v) is 3.45. The van der Waals surface area contributed by atoms with Crippen LogP contribution >= 0.6 is 22.6 Å². The van der Waals surface area contributed by atoms with Crippen LogP contribution in [0, 0.1) is 15.2 Å². The van der Waals surface area contributed by atoms with Gasteiger partial charge in [-0.05, 0) is 41.1 Å². The molecule has 1 rings (SSSR count). The fourth-order valence-electron chi connectivity index (χ4n) is 0.910. The third-order valence-corrected chi connectivity index (χ3v) is 2.08. The molecule has 0 N–H and O–H groups in total. The highest BCUT2D eigenvalue weighted by molar-refractivity contribution is 14.1. The first kappa shape index (κ1) is 8.90. The van der Waals surface area contributed by atoms with Crippen molar-refractivity contribution in [3.63, 3.8) is 0 Å². The first-order valence-corrected chi connectivity index (χ1v) is 4.36. The number of hydrogen-bond donors (Lipinski definition) is 0. The van der Waals surface area contributed by atoms with Gasteiger partial charge in [0.05, 0.1) is 0 Å². The van der Waals surface area contributed by atoms with Gasteiger partial charge in [0.15, 0.2) is 0 Å². The van der Waals surface area contributed by atoms with Gasteiger partial charge in [0.25, 0.3) is 0 Å². The first-order chi connectivity index (χ1) is 5.15. The van der Waals surface area contributed by atoms with Crippen LogP contribution in [-0.4, -0.2) is 0 Å². The summed E-state index contributed by atoms with van der Waals surface area (Å²) in [5.41, 5.74) is 0.172. The van der Waals surface area contributed by atoms with Gasteiger partial charge < -0.3 is 0 Å². The maximum atomic E-state index is 12.9. The van der Waals surface area contributed by atoms with Gasteiger partial charge in [-0.2, -0.15) is 0 Å². The molecule has 0 saturated carbocycles. The van der Waals surface area contributed by atoms with Crippen molar-refractivity contribution in [1.29, 1.82) is 0 Å². The first-order valence-electron chi connectivity index (χ1n) is 3.28. The summed E-state index contributed by atoms with van der Waals surface area (Å²) in [6.07, 6.45) is 0.397. The molecule has 0 atom stereocenters. The van der Waals surface area contributed by atoms with Crippen LogP contribution < -0.4 is 0 Å². The second-order valence-electron chi connectivity index (χ2n) is 2.20. The zero-order chi connectivity index (χ0) is 8.43. The summed E-state index contributed by atoms with van der Waals surface area (Å²) in [5, 5.41) is 0. The molecule has 1 aromatic carbocycles. The number of hydrogen-bond acceptors (Lipinski definition) is 0. The highest BCUT2D eigenvalue weighted by atomic mass is 127. The van der Waals surface area contributed by atoms with Crippen molar-refractivity contribution in [2.24, 2.45) is 0 Å². The Bertz CT molecular complexity index is 248. The minimum atomic E-state index is -0.447. The lowest BCUT2D eigenvalue weighted by molar-refractivity contribution is 0.557. The lowest BCUT2D eigenvalue weighted by atomic mass is 10.1. The molecule has 11 heavy (non-hydrogen) atoms. The van der Waals surface area contributed by atoms with Gasteiger partial charge in [0.1, 0.15) is 11.6 Å².